The molecular formula is C13H15F3N2O3S. The fourth-order valence-corrected chi connectivity index (χ4v) is 3.97. The Kier molecular flexibility index (Phi) is 4.76. The number of benzene rings is 1. The lowest BCUT2D eigenvalue weighted by molar-refractivity contribution is -0.123. The van der Waals surface area contributed by atoms with Crippen LogP contribution in [0.4, 0.5) is 13.2 Å². The van der Waals surface area contributed by atoms with E-state index in [4.69, 9.17) is 5.73 Å². The summed E-state index contributed by atoms with van der Waals surface area (Å²) in [6, 6.07) is 0.376. The van der Waals surface area contributed by atoms with Crippen molar-refractivity contribution in [3.8, 4) is 0 Å². The zero-order valence-corrected chi connectivity index (χ0v) is 12.3. The molecule has 1 aliphatic rings. The van der Waals surface area contributed by atoms with Crippen molar-refractivity contribution in [3.05, 3.63) is 29.6 Å². The van der Waals surface area contributed by atoms with Crippen molar-refractivity contribution in [2.45, 2.75) is 36.6 Å². The zero-order valence-electron chi connectivity index (χ0n) is 11.5. The third-order valence-electron chi connectivity index (χ3n) is 3.73. The van der Waals surface area contributed by atoms with Crippen LogP contribution >= 0.6 is 0 Å². The average Bonchev–Trinajstić information content (AvgIpc) is 2.44. The summed E-state index contributed by atoms with van der Waals surface area (Å²) in [4.78, 5) is 10.4. The quantitative estimate of drug-likeness (QED) is 0.815. The second-order valence-corrected chi connectivity index (χ2v) is 6.88. The maximum absolute atomic E-state index is 13.6. The smallest absolute Gasteiger partial charge is 0.243 e. The van der Waals surface area contributed by atoms with Gasteiger partial charge in [-0.1, -0.05) is 12.8 Å². The van der Waals surface area contributed by atoms with Gasteiger partial charge in [-0.2, -0.15) is 0 Å². The van der Waals surface area contributed by atoms with Gasteiger partial charge in [0.15, 0.2) is 17.5 Å². The normalized spacial score (nSPS) is 22.5. The van der Waals surface area contributed by atoms with E-state index in [0.717, 1.165) is 6.42 Å². The van der Waals surface area contributed by atoms with E-state index < -0.39 is 50.2 Å². The Morgan fingerprint density at radius 1 is 1.14 bits per heavy atom. The van der Waals surface area contributed by atoms with Crippen molar-refractivity contribution in [1.82, 2.24) is 4.72 Å². The number of halogens is 3. The topological polar surface area (TPSA) is 89.3 Å². The number of hydrogen-bond acceptors (Lipinski definition) is 3. The zero-order chi connectivity index (χ0) is 16.5. The van der Waals surface area contributed by atoms with Crippen molar-refractivity contribution in [1.29, 1.82) is 0 Å². The van der Waals surface area contributed by atoms with Crippen LogP contribution in [0.3, 0.4) is 0 Å². The summed E-state index contributed by atoms with van der Waals surface area (Å²) in [5, 5.41) is 0. The maximum Gasteiger partial charge on any atom is 0.243 e. The van der Waals surface area contributed by atoms with Crippen molar-refractivity contribution in [2.24, 2.45) is 11.7 Å². The Morgan fingerprint density at radius 2 is 1.77 bits per heavy atom. The molecule has 5 nitrogen and oxygen atoms in total. The number of carbonyl (C=O) groups is 1. The van der Waals surface area contributed by atoms with Gasteiger partial charge in [0.25, 0.3) is 0 Å². The van der Waals surface area contributed by atoms with Gasteiger partial charge in [0.05, 0.1) is 5.92 Å². The van der Waals surface area contributed by atoms with E-state index in [-0.39, 0.29) is 0 Å². The SMILES string of the molecule is NC(=O)[C@@H]1CCCC[C@H]1NS(=O)(=O)c1ccc(F)c(F)c1F. The van der Waals surface area contributed by atoms with Gasteiger partial charge in [-0.15, -0.1) is 0 Å². The summed E-state index contributed by atoms with van der Waals surface area (Å²) in [7, 11) is -4.44. The number of nitrogens with one attached hydrogen (secondary N) is 1. The van der Waals surface area contributed by atoms with Crippen LogP contribution in [0.5, 0.6) is 0 Å². The molecular weight excluding hydrogens is 321 g/mol. The van der Waals surface area contributed by atoms with Crippen molar-refractivity contribution in [3.63, 3.8) is 0 Å². The van der Waals surface area contributed by atoms with Crippen LogP contribution in [-0.4, -0.2) is 20.4 Å². The van der Waals surface area contributed by atoms with Crippen molar-refractivity contribution < 1.29 is 26.4 Å². The Morgan fingerprint density at radius 3 is 2.41 bits per heavy atom. The highest BCUT2D eigenvalue weighted by Gasteiger charge is 2.34. The van der Waals surface area contributed by atoms with E-state index >= 15 is 0 Å². The van der Waals surface area contributed by atoms with Gasteiger partial charge in [0.1, 0.15) is 4.90 Å². The third-order valence-corrected chi connectivity index (χ3v) is 5.23. The predicted octanol–water partition coefficient (Wildman–Crippen LogP) is 1.43. The molecule has 0 aromatic heterocycles. The highest BCUT2D eigenvalue weighted by Crippen LogP contribution is 2.27. The Bertz CT molecular complexity index is 694. The first-order valence-corrected chi connectivity index (χ1v) is 8.17. The molecule has 0 saturated heterocycles. The fraction of sp³-hybridized carbons (Fsp3) is 0.462. The summed E-state index contributed by atoms with van der Waals surface area (Å²) in [6.07, 6.45) is 2.18. The third kappa shape index (κ3) is 3.25. The van der Waals surface area contributed by atoms with Gasteiger partial charge >= 0.3 is 0 Å². The van der Waals surface area contributed by atoms with Crippen LogP contribution in [0.15, 0.2) is 17.0 Å². The first-order chi connectivity index (χ1) is 10.2. The second-order valence-electron chi connectivity index (χ2n) is 5.19. The fourth-order valence-electron chi connectivity index (χ4n) is 2.59. The molecule has 2 rings (SSSR count). The predicted molar refractivity (Wildman–Crippen MR) is 71.6 cm³/mol. The first-order valence-electron chi connectivity index (χ1n) is 6.69. The monoisotopic (exact) mass is 336 g/mol. The molecule has 1 aromatic rings. The van der Waals surface area contributed by atoms with Gasteiger partial charge in [-0.3, -0.25) is 4.79 Å². The summed E-state index contributed by atoms with van der Waals surface area (Å²) in [5.74, 6) is -6.50. The molecule has 1 amide bonds. The van der Waals surface area contributed by atoms with E-state index in [1.807, 2.05) is 0 Å². The number of hydrogen-bond donors (Lipinski definition) is 2. The molecule has 0 heterocycles. The lowest BCUT2D eigenvalue weighted by Crippen LogP contribution is -2.47. The number of amides is 1. The van der Waals surface area contributed by atoms with Crippen LogP contribution in [-0.2, 0) is 14.8 Å². The van der Waals surface area contributed by atoms with Gasteiger partial charge in [0, 0.05) is 6.04 Å². The lowest BCUT2D eigenvalue weighted by atomic mass is 9.85. The molecule has 9 heteroatoms. The number of nitrogens with two attached hydrogens (primary N) is 1. The molecule has 0 bridgehead atoms. The standard InChI is InChI=1S/C13H15F3N2O3S/c14-8-5-6-10(12(16)11(8)15)22(20,21)18-9-4-2-1-3-7(9)13(17)19/h5-7,9,18H,1-4H2,(H2,17,19)/t7-,9-/m1/s1. The Hall–Kier alpha value is -1.61. The van der Waals surface area contributed by atoms with Crippen molar-refractivity contribution >= 4 is 15.9 Å². The molecule has 0 spiro atoms. The highest BCUT2D eigenvalue weighted by atomic mass is 32.2. The summed E-state index contributed by atoms with van der Waals surface area (Å²) >= 11 is 0. The summed E-state index contributed by atoms with van der Waals surface area (Å²) < 4.78 is 66.2. The molecule has 122 valence electrons. The molecule has 1 aromatic carbocycles. The van der Waals surface area contributed by atoms with E-state index in [1.165, 1.54) is 0 Å². The lowest BCUT2D eigenvalue weighted by Gasteiger charge is -2.29. The van der Waals surface area contributed by atoms with Crippen molar-refractivity contribution in [2.75, 3.05) is 0 Å². The second kappa shape index (κ2) is 6.25. The largest absolute Gasteiger partial charge is 0.369 e. The summed E-state index contributed by atoms with van der Waals surface area (Å²) in [5.41, 5.74) is 5.23. The van der Waals surface area contributed by atoms with Crippen LogP contribution in [0.25, 0.3) is 0 Å². The number of sulfonamides is 1. The van der Waals surface area contributed by atoms with Crippen LogP contribution < -0.4 is 10.5 Å². The van der Waals surface area contributed by atoms with Crippen LogP contribution in [0.1, 0.15) is 25.7 Å². The molecule has 1 fully saturated rings. The molecule has 0 unspecified atom stereocenters. The van der Waals surface area contributed by atoms with E-state index in [2.05, 4.69) is 4.72 Å². The molecule has 22 heavy (non-hydrogen) atoms. The molecule has 0 radical (unpaired) electrons. The number of primary amides is 1. The van der Waals surface area contributed by atoms with Gasteiger partial charge in [-0.25, -0.2) is 26.3 Å². The summed E-state index contributed by atoms with van der Waals surface area (Å²) in [6.45, 7) is 0. The molecule has 2 atom stereocenters. The average molecular weight is 336 g/mol. The minimum Gasteiger partial charge on any atom is -0.369 e. The van der Waals surface area contributed by atoms with Crippen LogP contribution in [0, 0.1) is 23.4 Å². The first kappa shape index (κ1) is 16.8. The number of carbonyl (C=O) groups excluding carboxylic acids is 1. The van der Waals surface area contributed by atoms with E-state index in [1.54, 1.807) is 0 Å². The number of rotatable bonds is 4. The van der Waals surface area contributed by atoms with Gasteiger partial charge in [-0.05, 0) is 25.0 Å². The minimum atomic E-state index is -4.44. The Labute approximate surface area is 125 Å². The Balaban J connectivity index is 2.31. The maximum atomic E-state index is 13.6. The van der Waals surface area contributed by atoms with Crippen LogP contribution in [0.2, 0.25) is 0 Å². The molecule has 1 saturated carbocycles. The van der Waals surface area contributed by atoms with Gasteiger partial charge in [0.2, 0.25) is 15.9 Å². The van der Waals surface area contributed by atoms with E-state index in [0.29, 0.717) is 31.4 Å². The van der Waals surface area contributed by atoms with E-state index in [9.17, 15) is 26.4 Å². The van der Waals surface area contributed by atoms with Gasteiger partial charge < -0.3 is 5.73 Å². The molecule has 1 aliphatic carbocycles. The minimum absolute atomic E-state index is 0.359. The molecule has 3 N–H and O–H groups in total. The highest BCUT2D eigenvalue weighted by molar-refractivity contribution is 7.89. The molecule has 0 aliphatic heterocycles.